The van der Waals surface area contributed by atoms with Gasteiger partial charge >= 0.3 is 12.1 Å². The summed E-state index contributed by atoms with van der Waals surface area (Å²) in [6.07, 6.45) is 3.36. The van der Waals surface area contributed by atoms with E-state index in [-0.39, 0.29) is 17.5 Å². The average molecular weight is 564 g/mol. The quantitative estimate of drug-likeness (QED) is 0.283. The number of nitrogens with zero attached hydrogens (tertiary/aromatic N) is 3. The van der Waals surface area contributed by atoms with E-state index in [4.69, 9.17) is 9.47 Å². The van der Waals surface area contributed by atoms with Crippen LogP contribution in [-0.4, -0.2) is 58.0 Å². The van der Waals surface area contributed by atoms with Crippen LogP contribution >= 0.6 is 11.3 Å². The molecule has 4 aromatic rings. The number of fused-ring (bicyclic) bond motifs is 1. The number of hydrogen-bond donors (Lipinski definition) is 2. The molecule has 10 nitrogen and oxygen atoms in total. The van der Waals surface area contributed by atoms with Gasteiger partial charge in [-0.25, -0.2) is 14.0 Å². The second-order valence-corrected chi connectivity index (χ2v) is 11.2. The zero-order valence-electron chi connectivity index (χ0n) is 21.9. The first-order chi connectivity index (χ1) is 19.1. The highest BCUT2D eigenvalue weighted by Crippen LogP contribution is 2.39. The van der Waals surface area contributed by atoms with Crippen LogP contribution < -0.4 is 15.4 Å². The maximum atomic E-state index is 14.9. The number of amides is 3. The average Bonchev–Trinajstić information content (AvgIpc) is 3.32. The van der Waals surface area contributed by atoms with Gasteiger partial charge in [-0.2, -0.15) is 0 Å². The fourth-order valence-electron chi connectivity index (χ4n) is 3.92. The number of thiophene rings is 1. The monoisotopic (exact) mass is 563 g/mol. The van der Waals surface area contributed by atoms with Crippen molar-refractivity contribution in [3.05, 3.63) is 66.2 Å². The molecule has 3 amide bonds. The van der Waals surface area contributed by atoms with E-state index in [1.807, 2.05) is 6.07 Å². The third kappa shape index (κ3) is 6.18. The maximum absolute atomic E-state index is 14.9. The predicted molar refractivity (Wildman–Crippen MR) is 148 cm³/mol. The van der Waals surface area contributed by atoms with E-state index < -0.39 is 23.5 Å². The van der Waals surface area contributed by atoms with Gasteiger partial charge in [0.05, 0.1) is 26.8 Å². The smallest absolute Gasteiger partial charge is 0.410 e. The van der Waals surface area contributed by atoms with E-state index in [1.165, 1.54) is 40.6 Å². The van der Waals surface area contributed by atoms with Crippen molar-refractivity contribution in [1.82, 2.24) is 20.2 Å². The molecule has 206 valence electrons. The Balaban J connectivity index is 1.20. The number of likely N-dealkylation sites (tertiary alicyclic amines) is 1. The summed E-state index contributed by atoms with van der Waals surface area (Å²) in [7, 11) is 0. The highest BCUT2D eigenvalue weighted by atomic mass is 32.1. The number of anilines is 1. The van der Waals surface area contributed by atoms with Crippen LogP contribution in [0.5, 0.6) is 11.5 Å². The molecular weight excluding hydrogens is 537 g/mol. The fourth-order valence-corrected chi connectivity index (χ4v) is 4.96. The van der Waals surface area contributed by atoms with Crippen LogP contribution in [0.25, 0.3) is 20.8 Å². The molecule has 0 aliphatic carbocycles. The molecule has 40 heavy (non-hydrogen) atoms. The van der Waals surface area contributed by atoms with Crippen molar-refractivity contribution < 1.29 is 28.2 Å². The molecule has 0 atom stereocenters. The van der Waals surface area contributed by atoms with Crippen LogP contribution in [0.1, 0.15) is 31.1 Å². The van der Waals surface area contributed by atoms with Crippen LogP contribution in [0.3, 0.4) is 0 Å². The zero-order chi connectivity index (χ0) is 28.4. The molecule has 1 saturated heterocycles. The van der Waals surface area contributed by atoms with E-state index in [1.54, 1.807) is 45.2 Å². The number of halogens is 1. The molecule has 1 aliphatic heterocycles. The van der Waals surface area contributed by atoms with Gasteiger partial charge in [-0.05, 0) is 51.1 Å². The second-order valence-electron chi connectivity index (χ2n) is 10.2. The number of urea groups is 1. The van der Waals surface area contributed by atoms with Crippen LogP contribution in [0.4, 0.5) is 19.7 Å². The number of nitrogens with one attached hydrogen (secondary N) is 2. The molecule has 0 spiro atoms. The van der Waals surface area contributed by atoms with Crippen molar-refractivity contribution in [2.24, 2.45) is 0 Å². The summed E-state index contributed by atoms with van der Waals surface area (Å²) in [5.41, 5.74) is 1.47. The van der Waals surface area contributed by atoms with Crippen LogP contribution in [0.2, 0.25) is 0 Å². The van der Waals surface area contributed by atoms with Gasteiger partial charge in [-0.15, -0.1) is 11.3 Å². The third-order valence-corrected chi connectivity index (χ3v) is 6.99. The number of benzene rings is 1. The van der Waals surface area contributed by atoms with E-state index in [0.29, 0.717) is 40.3 Å². The first kappa shape index (κ1) is 27.0. The SMILES string of the molecule is CC(C)(C)OC(=O)N1CC(NC(=O)Nc2ccc(Oc3ccnc4cc(-c5ccc(C=O)cn5)sc34)c(F)c2)C1. The Morgan fingerprint density at radius 2 is 1.90 bits per heavy atom. The molecular formula is C28H26FN5O5S. The number of carbonyl (C=O) groups excluding carboxylic acids is 3. The summed E-state index contributed by atoms with van der Waals surface area (Å²) in [4.78, 5) is 46.3. The van der Waals surface area contributed by atoms with E-state index in [9.17, 15) is 18.8 Å². The minimum Gasteiger partial charge on any atom is -0.453 e. The molecule has 12 heteroatoms. The van der Waals surface area contributed by atoms with Crippen molar-refractivity contribution in [3.8, 4) is 22.1 Å². The van der Waals surface area contributed by atoms with Gasteiger partial charge in [-0.3, -0.25) is 14.8 Å². The molecule has 3 aromatic heterocycles. The topological polar surface area (TPSA) is 123 Å². The van der Waals surface area contributed by atoms with E-state index in [2.05, 4.69) is 20.6 Å². The molecule has 0 unspecified atom stereocenters. The minimum absolute atomic E-state index is 0.0196. The molecule has 1 aromatic carbocycles. The largest absolute Gasteiger partial charge is 0.453 e. The summed E-state index contributed by atoms with van der Waals surface area (Å²) < 4.78 is 26.8. The second kappa shape index (κ2) is 10.9. The summed E-state index contributed by atoms with van der Waals surface area (Å²) in [5.74, 6) is -0.262. The maximum Gasteiger partial charge on any atom is 0.410 e. The summed E-state index contributed by atoms with van der Waals surface area (Å²) in [6, 6.07) is 10.3. The van der Waals surface area contributed by atoms with Crippen molar-refractivity contribution in [1.29, 1.82) is 0 Å². The number of carbonyl (C=O) groups is 3. The van der Waals surface area contributed by atoms with Gasteiger partial charge in [0.15, 0.2) is 17.9 Å². The molecule has 2 N–H and O–H groups in total. The predicted octanol–water partition coefficient (Wildman–Crippen LogP) is 5.84. The van der Waals surface area contributed by atoms with Gasteiger partial charge < -0.3 is 25.0 Å². The van der Waals surface area contributed by atoms with Gasteiger partial charge in [0, 0.05) is 48.9 Å². The van der Waals surface area contributed by atoms with Crippen molar-refractivity contribution >= 4 is 45.7 Å². The van der Waals surface area contributed by atoms with Gasteiger partial charge in [0.2, 0.25) is 0 Å². The van der Waals surface area contributed by atoms with Gasteiger partial charge in [0.1, 0.15) is 11.4 Å². The molecule has 0 bridgehead atoms. The van der Waals surface area contributed by atoms with E-state index >= 15 is 0 Å². The van der Waals surface area contributed by atoms with Gasteiger partial charge in [-0.1, -0.05) is 0 Å². The van der Waals surface area contributed by atoms with E-state index in [0.717, 1.165) is 11.2 Å². The number of hydrogen-bond acceptors (Lipinski definition) is 8. The lowest BCUT2D eigenvalue weighted by Crippen LogP contribution is -2.62. The first-order valence-corrected chi connectivity index (χ1v) is 13.2. The molecule has 0 saturated carbocycles. The molecule has 1 aliphatic rings. The molecule has 5 rings (SSSR count). The number of ether oxygens (including phenoxy) is 2. The molecule has 1 fully saturated rings. The number of rotatable bonds is 6. The lowest BCUT2D eigenvalue weighted by molar-refractivity contribution is 0.00648. The summed E-state index contributed by atoms with van der Waals surface area (Å²) in [6.45, 7) is 6.02. The van der Waals surface area contributed by atoms with Crippen LogP contribution in [0.15, 0.2) is 54.9 Å². The minimum atomic E-state index is -0.662. The molecule has 0 radical (unpaired) electrons. The third-order valence-electron chi connectivity index (χ3n) is 5.83. The first-order valence-electron chi connectivity index (χ1n) is 12.4. The Labute approximate surface area is 233 Å². The van der Waals surface area contributed by atoms with Crippen molar-refractivity contribution in [2.75, 3.05) is 18.4 Å². The Kier molecular flexibility index (Phi) is 7.35. The standard InChI is InChI=1S/C28H26FN5O5S/c1-28(2,3)39-27(37)34-13-18(14-34)33-26(36)32-17-5-7-22(19(29)10-17)38-23-8-9-30-21-11-24(40-25(21)23)20-6-4-16(15-35)12-31-20/h4-12,15,18H,13-14H2,1-3H3,(H2,32,33,36). The lowest BCUT2D eigenvalue weighted by Gasteiger charge is -2.39. The number of pyridine rings is 2. The highest BCUT2D eigenvalue weighted by molar-refractivity contribution is 7.22. The van der Waals surface area contributed by atoms with Gasteiger partial charge in [0.25, 0.3) is 0 Å². The normalized spacial score (nSPS) is 13.4. The molecule has 4 heterocycles. The van der Waals surface area contributed by atoms with Crippen LogP contribution in [0, 0.1) is 5.82 Å². The number of aromatic nitrogens is 2. The van der Waals surface area contributed by atoms with Crippen LogP contribution in [-0.2, 0) is 4.74 Å². The van der Waals surface area contributed by atoms with Crippen molar-refractivity contribution in [2.45, 2.75) is 32.4 Å². The Hall–Kier alpha value is -4.58. The number of aldehydes is 1. The zero-order valence-corrected chi connectivity index (χ0v) is 22.8. The Bertz CT molecular complexity index is 1580. The fraction of sp³-hybridized carbons (Fsp3) is 0.250. The Morgan fingerprint density at radius 1 is 1.10 bits per heavy atom. The lowest BCUT2D eigenvalue weighted by atomic mass is 10.1. The Morgan fingerprint density at radius 3 is 2.58 bits per heavy atom. The highest BCUT2D eigenvalue weighted by Gasteiger charge is 2.34. The summed E-state index contributed by atoms with van der Waals surface area (Å²) in [5, 5.41) is 5.35. The van der Waals surface area contributed by atoms with Crippen molar-refractivity contribution in [3.63, 3.8) is 0 Å². The summed E-state index contributed by atoms with van der Waals surface area (Å²) >= 11 is 1.39.